The lowest BCUT2D eigenvalue weighted by molar-refractivity contribution is 0.543. The summed E-state index contributed by atoms with van der Waals surface area (Å²) in [5, 5.41) is 0. The molecule has 1 aromatic carbocycles. The molecule has 0 aliphatic rings. The van der Waals surface area contributed by atoms with Crippen LogP contribution >= 0.6 is 15.9 Å². The molecule has 7 heteroatoms. The van der Waals surface area contributed by atoms with Gasteiger partial charge in [-0.2, -0.15) is 0 Å². The minimum atomic E-state index is -3.89. The van der Waals surface area contributed by atoms with Crippen LogP contribution in [0, 0.1) is 11.6 Å². The summed E-state index contributed by atoms with van der Waals surface area (Å²) in [5.41, 5.74) is 0. The lowest BCUT2D eigenvalue weighted by Crippen LogP contribution is -2.20. The molecule has 0 aliphatic heterocycles. The Hall–Kier alpha value is -0.530. The van der Waals surface area contributed by atoms with Gasteiger partial charge in [0.2, 0.25) is 10.0 Å². The van der Waals surface area contributed by atoms with Crippen molar-refractivity contribution in [2.75, 3.05) is 7.05 Å². The molecule has 0 atom stereocenters. The standard InChI is InChI=1S/C7H6BrF2NO2S/c1-11-14(12,13)7-2-4(8)5(9)3-6(7)10/h2-3,11H,1H3. The van der Waals surface area contributed by atoms with Gasteiger partial charge >= 0.3 is 0 Å². The highest BCUT2D eigenvalue weighted by Crippen LogP contribution is 2.22. The first-order chi connectivity index (χ1) is 6.38. The molecule has 14 heavy (non-hydrogen) atoms. The summed E-state index contributed by atoms with van der Waals surface area (Å²) in [6, 6.07) is 1.38. The van der Waals surface area contributed by atoms with E-state index in [4.69, 9.17) is 0 Å². The quantitative estimate of drug-likeness (QED) is 0.840. The molecule has 1 N–H and O–H groups in total. The second kappa shape index (κ2) is 3.92. The fourth-order valence-corrected chi connectivity index (χ4v) is 2.12. The van der Waals surface area contributed by atoms with Gasteiger partial charge in [0, 0.05) is 6.07 Å². The first-order valence-electron chi connectivity index (χ1n) is 3.46. The molecule has 0 radical (unpaired) electrons. The predicted molar refractivity (Wildman–Crippen MR) is 50.3 cm³/mol. The van der Waals surface area contributed by atoms with E-state index >= 15 is 0 Å². The first-order valence-corrected chi connectivity index (χ1v) is 5.74. The molecule has 0 spiro atoms. The maximum atomic E-state index is 13.0. The number of hydrogen-bond acceptors (Lipinski definition) is 2. The van der Waals surface area contributed by atoms with Gasteiger partial charge < -0.3 is 0 Å². The average molecular weight is 286 g/mol. The molecule has 0 aromatic heterocycles. The molecule has 1 aromatic rings. The van der Waals surface area contributed by atoms with Gasteiger partial charge in [-0.25, -0.2) is 21.9 Å². The Morgan fingerprint density at radius 1 is 1.29 bits per heavy atom. The van der Waals surface area contributed by atoms with Gasteiger partial charge in [-0.1, -0.05) is 0 Å². The molecule has 0 heterocycles. The molecule has 3 nitrogen and oxygen atoms in total. The molecule has 1 rings (SSSR count). The van der Waals surface area contributed by atoms with Gasteiger partial charge in [0.15, 0.2) is 0 Å². The van der Waals surface area contributed by atoms with Gasteiger partial charge in [-0.15, -0.1) is 0 Å². The second-order valence-electron chi connectivity index (χ2n) is 2.40. The van der Waals surface area contributed by atoms with Crippen molar-refractivity contribution >= 4 is 26.0 Å². The predicted octanol–water partition coefficient (Wildman–Crippen LogP) is 1.64. The summed E-state index contributed by atoms with van der Waals surface area (Å²) in [6.45, 7) is 0. The number of sulfonamides is 1. The molecule has 0 saturated carbocycles. The van der Waals surface area contributed by atoms with Crippen LogP contribution in [0.25, 0.3) is 0 Å². The van der Waals surface area contributed by atoms with Crippen molar-refractivity contribution in [2.45, 2.75) is 4.90 Å². The normalized spacial score (nSPS) is 11.7. The minimum absolute atomic E-state index is 0.104. The monoisotopic (exact) mass is 285 g/mol. The third-order valence-corrected chi connectivity index (χ3v) is 3.57. The lowest BCUT2D eigenvalue weighted by atomic mass is 10.3. The van der Waals surface area contributed by atoms with E-state index in [9.17, 15) is 17.2 Å². The van der Waals surface area contributed by atoms with Gasteiger partial charge in [0.05, 0.1) is 4.47 Å². The van der Waals surface area contributed by atoms with E-state index in [-0.39, 0.29) is 4.47 Å². The van der Waals surface area contributed by atoms with Crippen LogP contribution in [0.5, 0.6) is 0 Å². The maximum absolute atomic E-state index is 13.0. The summed E-state index contributed by atoms with van der Waals surface area (Å²) < 4.78 is 50.0. The van der Waals surface area contributed by atoms with Crippen LogP contribution in [0.1, 0.15) is 0 Å². The van der Waals surface area contributed by atoms with Crippen molar-refractivity contribution in [3.05, 3.63) is 28.2 Å². The molecule has 0 saturated heterocycles. The van der Waals surface area contributed by atoms with Crippen LogP contribution in [0.4, 0.5) is 8.78 Å². The number of rotatable bonds is 2. The fraction of sp³-hybridized carbons (Fsp3) is 0.143. The van der Waals surface area contributed by atoms with Crippen molar-refractivity contribution in [1.82, 2.24) is 4.72 Å². The zero-order valence-electron chi connectivity index (χ0n) is 7.01. The number of halogens is 3. The zero-order valence-corrected chi connectivity index (χ0v) is 9.42. The van der Waals surface area contributed by atoms with Gasteiger partial charge in [0.25, 0.3) is 0 Å². The third kappa shape index (κ3) is 2.10. The smallest absolute Gasteiger partial charge is 0.214 e. The molecular weight excluding hydrogens is 280 g/mol. The van der Waals surface area contributed by atoms with Crippen LogP contribution in [-0.4, -0.2) is 15.5 Å². The summed E-state index contributed by atoms with van der Waals surface area (Å²) in [7, 11) is -2.74. The first kappa shape index (κ1) is 11.5. The SMILES string of the molecule is CNS(=O)(=O)c1cc(Br)c(F)cc1F. The van der Waals surface area contributed by atoms with E-state index < -0.39 is 26.6 Å². The highest BCUT2D eigenvalue weighted by Gasteiger charge is 2.19. The Kier molecular flexibility index (Phi) is 3.23. The van der Waals surface area contributed by atoms with Crippen molar-refractivity contribution in [2.24, 2.45) is 0 Å². The zero-order chi connectivity index (χ0) is 10.9. The van der Waals surface area contributed by atoms with Crippen LogP contribution < -0.4 is 4.72 Å². The van der Waals surface area contributed by atoms with Crippen LogP contribution in [-0.2, 0) is 10.0 Å². The fourth-order valence-electron chi connectivity index (χ4n) is 0.820. The summed E-state index contributed by atoms with van der Waals surface area (Å²) >= 11 is 2.77. The van der Waals surface area contributed by atoms with E-state index in [2.05, 4.69) is 15.9 Å². The largest absolute Gasteiger partial charge is 0.243 e. The summed E-state index contributed by atoms with van der Waals surface area (Å²) in [4.78, 5) is -0.590. The Morgan fingerprint density at radius 3 is 2.36 bits per heavy atom. The third-order valence-electron chi connectivity index (χ3n) is 1.53. The van der Waals surface area contributed by atoms with Gasteiger partial charge in [-0.05, 0) is 29.0 Å². The molecule has 0 amide bonds. The molecular formula is C7H6BrF2NO2S. The highest BCUT2D eigenvalue weighted by molar-refractivity contribution is 9.10. The van der Waals surface area contributed by atoms with E-state index in [1.807, 2.05) is 4.72 Å². The lowest BCUT2D eigenvalue weighted by Gasteiger charge is -2.04. The minimum Gasteiger partial charge on any atom is -0.214 e. The highest BCUT2D eigenvalue weighted by atomic mass is 79.9. The van der Waals surface area contributed by atoms with E-state index in [0.29, 0.717) is 6.07 Å². The van der Waals surface area contributed by atoms with Crippen molar-refractivity contribution in [3.63, 3.8) is 0 Å². The Morgan fingerprint density at radius 2 is 1.86 bits per heavy atom. The molecule has 0 fully saturated rings. The van der Waals surface area contributed by atoms with E-state index in [1.165, 1.54) is 0 Å². The Balaban J connectivity index is 3.45. The molecule has 0 aliphatic carbocycles. The molecule has 78 valence electrons. The average Bonchev–Trinajstić information content (AvgIpc) is 2.11. The van der Waals surface area contributed by atoms with E-state index in [0.717, 1.165) is 13.1 Å². The maximum Gasteiger partial charge on any atom is 0.243 e. The van der Waals surface area contributed by atoms with Crippen LogP contribution in [0.2, 0.25) is 0 Å². The number of benzene rings is 1. The topological polar surface area (TPSA) is 46.2 Å². The van der Waals surface area contributed by atoms with E-state index in [1.54, 1.807) is 0 Å². The van der Waals surface area contributed by atoms with Crippen molar-refractivity contribution in [1.29, 1.82) is 0 Å². The summed E-state index contributed by atoms with van der Waals surface area (Å²) in [6.07, 6.45) is 0. The Labute approximate surface area is 88.3 Å². The Bertz CT molecular complexity index is 461. The molecule has 0 unspecified atom stereocenters. The second-order valence-corrected chi connectivity index (χ2v) is 5.11. The number of hydrogen-bond donors (Lipinski definition) is 1. The number of nitrogens with one attached hydrogen (secondary N) is 1. The van der Waals surface area contributed by atoms with Crippen LogP contribution in [0.3, 0.4) is 0 Å². The van der Waals surface area contributed by atoms with Crippen molar-refractivity contribution in [3.8, 4) is 0 Å². The van der Waals surface area contributed by atoms with Crippen molar-refractivity contribution < 1.29 is 17.2 Å². The van der Waals surface area contributed by atoms with Crippen LogP contribution in [0.15, 0.2) is 21.5 Å². The van der Waals surface area contributed by atoms with Gasteiger partial charge in [0.1, 0.15) is 16.5 Å². The molecule has 0 bridgehead atoms. The van der Waals surface area contributed by atoms with Gasteiger partial charge in [-0.3, -0.25) is 0 Å². The summed E-state index contributed by atoms with van der Waals surface area (Å²) in [5.74, 6) is -1.97.